The minimum Gasteiger partial charge on any atom is -0.450 e. The maximum atomic E-state index is 12.4. The predicted molar refractivity (Wildman–Crippen MR) is 111 cm³/mol. The molecule has 0 unspecified atom stereocenters. The maximum absolute atomic E-state index is 12.4. The largest absolute Gasteiger partial charge is 0.450 e. The van der Waals surface area contributed by atoms with Crippen molar-refractivity contribution in [1.82, 2.24) is 15.5 Å². The topological polar surface area (TPSA) is 70.7 Å². The smallest absolute Gasteiger partial charge is 0.409 e. The van der Waals surface area contributed by atoms with Crippen molar-refractivity contribution in [3.63, 3.8) is 0 Å². The third-order valence-corrected chi connectivity index (χ3v) is 5.28. The first-order valence-corrected chi connectivity index (χ1v) is 10.5. The first kappa shape index (κ1) is 22.2. The molecule has 28 heavy (non-hydrogen) atoms. The summed E-state index contributed by atoms with van der Waals surface area (Å²) in [6.45, 7) is 10.2. The van der Waals surface area contributed by atoms with Crippen LogP contribution in [0.2, 0.25) is 0 Å². The number of rotatable bonds is 8. The van der Waals surface area contributed by atoms with Gasteiger partial charge in [0.05, 0.1) is 13.2 Å². The molecule has 1 aliphatic rings. The average molecular weight is 390 g/mol. The van der Waals surface area contributed by atoms with Gasteiger partial charge < -0.3 is 20.3 Å². The predicted octanol–water partition coefficient (Wildman–Crippen LogP) is 3.27. The van der Waals surface area contributed by atoms with E-state index in [2.05, 4.69) is 55.7 Å². The highest BCUT2D eigenvalue weighted by molar-refractivity contribution is 5.78. The van der Waals surface area contributed by atoms with Gasteiger partial charge >= 0.3 is 6.09 Å². The molecule has 0 aliphatic carbocycles. The lowest BCUT2D eigenvalue weighted by Crippen LogP contribution is -2.48. The monoisotopic (exact) mass is 389 g/mol. The number of amides is 2. The second-order valence-electron chi connectivity index (χ2n) is 7.73. The molecule has 0 aromatic heterocycles. The Morgan fingerprint density at radius 1 is 1.14 bits per heavy atom. The van der Waals surface area contributed by atoms with Crippen LogP contribution in [-0.4, -0.2) is 49.2 Å². The van der Waals surface area contributed by atoms with Crippen LogP contribution in [-0.2, 0) is 16.0 Å². The fourth-order valence-electron chi connectivity index (χ4n) is 3.60. The number of hydrogen-bond acceptors (Lipinski definition) is 4. The molecule has 0 saturated carbocycles. The molecule has 1 atom stereocenters. The first-order chi connectivity index (χ1) is 13.4. The van der Waals surface area contributed by atoms with E-state index in [-0.39, 0.29) is 30.6 Å². The molecular formula is C22H35N3O3. The summed E-state index contributed by atoms with van der Waals surface area (Å²) in [5.74, 6) is 0.388. The van der Waals surface area contributed by atoms with E-state index in [4.69, 9.17) is 4.74 Å². The van der Waals surface area contributed by atoms with Crippen molar-refractivity contribution in [1.29, 1.82) is 0 Å². The molecule has 156 valence electrons. The standard InChI is InChI=1S/C22H35N3O3/c1-5-17-7-9-18(10-8-17)21(16(3)4)23-15-20(26)24-19-11-13-25(14-12-19)22(27)28-6-2/h7-10,16,19,21,23H,5-6,11-15H2,1-4H3,(H,24,26)/t21-/m1/s1. The van der Waals surface area contributed by atoms with Crippen LogP contribution < -0.4 is 10.6 Å². The van der Waals surface area contributed by atoms with Gasteiger partial charge in [0, 0.05) is 25.2 Å². The Kier molecular flexibility index (Phi) is 8.77. The molecule has 1 heterocycles. The van der Waals surface area contributed by atoms with Gasteiger partial charge in [0.15, 0.2) is 0 Å². The number of aryl methyl sites for hydroxylation is 1. The number of nitrogens with one attached hydrogen (secondary N) is 2. The van der Waals surface area contributed by atoms with Gasteiger partial charge in [-0.05, 0) is 43.2 Å². The van der Waals surface area contributed by atoms with Crippen LogP contribution in [0.15, 0.2) is 24.3 Å². The van der Waals surface area contributed by atoms with Crippen molar-refractivity contribution in [2.75, 3.05) is 26.2 Å². The fourth-order valence-corrected chi connectivity index (χ4v) is 3.60. The summed E-state index contributed by atoms with van der Waals surface area (Å²) < 4.78 is 5.03. The van der Waals surface area contributed by atoms with Crippen LogP contribution in [0.5, 0.6) is 0 Å². The van der Waals surface area contributed by atoms with Crippen molar-refractivity contribution in [3.8, 4) is 0 Å². The highest BCUT2D eigenvalue weighted by atomic mass is 16.6. The molecule has 1 aliphatic heterocycles. The van der Waals surface area contributed by atoms with Gasteiger partial charge in [-0.2, -0.15) is 0 Å². The molecule has 0 spiro atoms. The summed E-state index contributed by atoms with van der Waals surface area (Å²) in [7, 11) is 0. The number of carbonyl (C=O) groups excluding carboxylic acids is 2. The number of benzene rings is 1. The second-order valence-corrected chi connectivity index (χ2v) is 7.73. The van der Waals surface area contributed by atoms with Crippen molar-refractivity contribution in [2.45, 2.75) is 59.0 Å². The summed E-state index contributed by atoms with van der Waals surface area (Å²) in [4.78, 5) is 25.9. The number of hydrogen-bond donors (Lipinski definition) is 2. The summed E-state index contributed by atoms with van der Waals surface area (Å²) in [6, 6.07) is 8.87. The number of piperidine rings is 1. The van der Waals surface area contributed by atoms with Crippen LogP contribution in [0.4, 0.5) is 4.79 Å². The molecule has 6 nitrogen and oxygen atoms in total. The third-order valence-electron chi connectivity index (χ3n) is 5.28. The normalized spacial score (nSPS) is 16.1. The Labute approximate surface area is 169 Å². The van der Waals surface area contributed by atoms with Crippen molar-refractivity contribution < 1.29 is 14.3 Å². The fraction of sp³-hybridized carbons (Fsp3) is 0.636. The Morgan fingerprint density at radius 2 is 1.79 bits per heavy atom. The molecule has 0 bridgehead atoms. The molecule has 2 rings (SSSR count). The van der Waals surface area contributed by atoms with Gasteiger partial charge in [-0.25, -0.2) is 4.79 Å². The molecule has 6 heteroatoms. The summed E-state index contributed by atoms with van der Waals surface area (Å²) >= 11 is 0. The molecule has 2 N–H and O–H groups in total. The van der Waals surface area contributed by atoms with E-state index >= 15 is 0 Å². The zero-order valence-electron chi connectivity index (χ0n) is 17.7. The lowest BCUT2D eigenvalue weighted by atomic mass is 9.95. The lowest BCUT2D eigenvalue weighted by molar-refractivity contribution is -0.121. The molecule has 2 amide bonds. The van der Waals surface area contributed by atoms with Gasteiger partial charge in [-0.15, -0.1) is 0 Å². The molecule has 1 saturated heterocycles. The average Bonchev–Trinajstić information content (AvgIpc) is 2.69. The van der Waals surface area contributed by atoms with Gasteiger partial charge in [-0.3, -0.25) is 4.79 Å². The Morgan fingerprint density at radius 3 is 2.32 bits per heavy atom. The highest BCUT2D eigenvalue weighted by Crippen LogP contribution is 2.22. The van der Waals surface area contributed by atoms with Crippen molar-refractivity contribution >= 4 is 12.0 Å². The quantitative estimate of drug-likeness (QED) is 0.716. The van der Waals surface area contributed by atoms with E-state index in [0.29, 0.717) is 25.6 Å². The van der Waals surface area contributed by atoms with Crippen LogP contribution in [0.25, 0.3) is 0 Å². The minimum atomic E-state index is -0.261. The zero-order chi connectivity index (χ0) is 20.5. The van der Waals surface area contributed by atoms with Crippen LogP contribution in [0.1, 0.15) is 57.7 Å². The number of ether oxygens (including phenoxy) is 1. The summed E-state index contributed by atoms with van der Waals surface area (Å²) in [5.41, 5.74) is 2.53. The minimum absolute atomic E-state index is 0.00501. The Balaban J connectivity index is 1.79. The van der Waals surface area contributed by atoms with E-state index in [1.807, 2.05) is 0 Å². The molecular weight excluding hydrogens is 354 g/mol. The van der Waals surface area contributed by atoms with Gasteiger partial charge in [-0.1, -0.05) is 45.0 Å². The summed E-state index contributed by atoms with van der Waals surface area (Å²) in [5, 5.41) is 6.50. The third kappa shape index (κ3) is 6.51. The van der Waals surface area contributed by atoms with Gasteiger partial charge in [0.1, 0.15) is 0 Å². The lowest BCUT2D eigenvalue weighted by Gasteiger charge is -2.32. The summed E-state index contributed by atoms with van der Waals surface area (Å²) in [6.07, 6.45) is 2.29. The van der Waals surface area contributed by atoms with Gasteiger partial charge in [0.2, 0.25) is 5.91 Å². The highest BCUT2D eigenvalue weighted by Gasteiger charge is 2.25. The van der Waals surface area contributed by atoms with E-state index in [0.717, 1.165) is 19.3 Å². The number of likely N-dealkylation sites (tertiary alicyclic amines) is 1. The Bertz CT molecular complexity index is 622. The molecule has 1 fully saturated rings. The molecule has 0 radical (unpaired) electrons. The number of nitrogens with zero attached hydrogens (tertiary/aromatic N) is 1. The van der Waals surface area contributed by atoms with Crippen molar-refractivity contribution in [2.24, 2.45) is 5.92 Å². The van der Waals surface area contributed by atoms with E-state index in [9.17, 15) is 9.59 Å². The van der Waals surface area contributed by atoms with Gasteiger partial charge in [0.25, 0.3) is 0 Å². The van der Waals surface area contributed by atoms with Crippen LogP contribution in [0, 0.1) is 5.92 Å². The maximum Gasteiger partial charge on any atom is 0.409 e. The number of carbonyl (C=O) groups is 2. The first-order valence-electron chi connectivity index (χ1n) is 10.5. The van der Waals surface area contributed by atoms with E-state index in [1.165, 1.54) is 11.1 Å². The Hall–Kier alpha value is -2.08. The van der Waals surface area contributed by atoms with E-state index < -0.39 is 0 Å². The van der Waals surface area contributed by atoms with Crippen LogP contribution in [0.3, 0.4) is 0 Å². The van der Waals surface area contributed by atoms with E-state index in [1.54, 1.807) is 11.8 Å². The molecule has 1 aromatic carbocycles. The second kappa shape index (κ2) is 11.1. The van der Waals surface area contributed by atoms with Crippen LogP contribution >= 0.6 is 0 Å². The molecule has 1 aromatic rings. The zero-order valence-corrected chi connectivity index (χ0v) is 17.7. The van der Waals surface area contributed by atoms with Crippen molar-refractivity contribution in [3.05, 3.63) is 35.4 Å². The SMILES string of the molecule is CCOC(=O)N1CCC(NC(=O)CN[C@@H](c2ccc(CC)cc2)C(C)C)CC1.